The van der Waals surface area contributed by atoms with Crippen molar-refractivity contribution in [2.24, 2.45) is 0 Å². The molecule has 2 heteroatoms. The Kier molecular flexibility index (Phi) is 1.77. The average Bonchev–Trinajstić information content (AvgIpc) is 1.91. The third-order valence-corrected chi connectivity index (χ3v) is 3.56. The quantitative estimate of drug-likeness (QED) is 0.567. The first-order valence-corrected chi connectivity index (χ1v) is 4.19. The molecular formula is C5H5SSb. The van der Waals surface area contributed by atoms with Crippen molar-refractivity contribution in [1.29, 1.82) is 0 Å². The van der Waals surface area contributed by atoms with Crippen LogP contribution in [0.4, 0.5) is 0 Å². The van der Waals surface area contributed by atoms with E-state index in [2.05, 4.69) is 18.4 Å². The summed E-state index contributed by atoms with van der Waals surface area (Å²) in [6, 6.07) is 2.15. The van der Waals surface area contributed by atoms with Crippen LogP contribution in [0.2, 0.25) is 0 Å². The fraction of sp³-hybridized carbons (Fsp3) is 0.200. The number of rotatable bonds is 0. The molecule has 0 aromatic carbocycles. The van der Waals surface area contributed by atoms with E-state index in [4.69, 9.17) is 0 Å². The Balaban J connectivity index is 3.12. The van der Waals surface area contributed by atoms with Crippen LogP contribution >= 0.6 is 11.3 Å². The fourth-order valence-corrected chi connectivity index (χ4v) is 1.75. The molecule has 1 rings (SSSR count). The van der Waals surface area contributed by atoms with Crippen molar-refractivity contribution < 1.29 is 0 Å². The number of hydrogen-bond acceptors (Lipinski definition) is 1. The van der Waals surface area contributed by atoms with Crippen LogP contribution in [0.25, 0.3) is 0 Å². The van der Waals surface area contributed by atoms with Gasteiger partial charge in [-0.2, -0.15) is 0 Å². The molecule has 0 atom stereocenters. The van der Waals surface area contributed by atoms with Crippen LogP contribution in [-0.2, 0) is 0 Å². The number of aryl methyl sites for hydroxylation is 1. The van der Waals surface area contributed by atoms with Crippen LogP contribution in [0.1, 0.15) is 5.56 Å². The maximum absolute atomic E-state index is 2.15. The molecule has 0 unspecified atom stereocenters. The summed E-state index contributed by atoms with van der Waals surface area (Å²) >= 11 is 3.63. The van der Waals surface area contributed by atoms with Crippen LogP contribution in [0, 0.1) is 6.92 Å². The summed E-state index contributed by atoms with van der Waals surface area (Å²) in [6.07, 6.45) is 0. The molecular weight excluding hydrogens is 214 g/mol. The molecule has 0 aliphatic heterocycles. The Morgan fingerprint density at radius 2 is 2.43 bits per heavy atom. The van der Waals surface area contributed by atoms with E-state index in [0.29, 0.717) is 0 Å². The minimum atomic E-state index is 1.43. The summed E-state index contributed by atoms with van der Waals surface area (Å²) < 4.78 is 1.48. The van der Waals surface area contributed by atoms with E-state index in [1.165, 1.54) is 8.39 Å². The van der Waals surface area contributed by atoms with Gasteiger partial charge in [0.05, 0.1) is 0 Å². The first-order chi connectivity index (χ1) is 3.30. The van der Waals surface area contributed by atoms with Gasteiger partial charge in [-0.05, 0) is 0 Å². The average molecular weight is 219 g/mol. The first-order valence-electron chi connectivity index (χ1n) is 2.04. The van der Waals surface area contributed by atoms with Gasteiger partial charge in [0, 0.05) is 0 Å². The molecule has 1 aromatic rings. The summed E-state index contributed by atoms with van der Waals surface area (Å²) in [7, 11) is 0. The van der Waals surface area contributed by atoms with E-state index < -0.39 is 0 Å². The second-order valence-electron chi connectivity index (χ2n) is 1.41. The van der Waals surface area contributed by atoms with Crippen molar-refractivity contribution >= 4 is 37.2 Å². The maximum atomic E-state index is 2.15. The van der Waals surface area contributed by atoms with Crippen LogP contribution < -0.4 is 2.82 Å². The van der Waals surface area contributed by atoms with Gasteiger partial charge in [-0.15, -0.1) is 0 Å². The van der Waals surface area contributed by atoms with E-state index in [1.54, 1.807) is 23.0 Å². The van der Waals surface area contributed by atoms with E-state index in [-0.39, 0.29) is 0 Å². The van der Waals surface area contributed by atoms with E-state index in [0.717, 1.165) is 0 Å². The molecule has 36 valence electrons. The van der Waals surface area contributed by atoms with Gasteiger partial charge in [-0.3, -0.25) is 0 Å². The van der Waals surface area contributed by atoms with Crippen molar-refractivity contribution in [3.63, 3.8) is 0 Å². The first kappa shape index (κ1) is 5.65. The van der Waals surface area contributed by atoms with Gasteiger partial charge in [-0.25, -0.2) is 0 Å². The predicted molar refractivity (Wildman–Crippen MR) is 34.4 cm³/mol. The molecule has 0 bridgehead atoms. The molecule has 0 saturated heterocycles. The molecule has 0 spiro atoms. The second-order valence-corrected chi connectivity index (χ2v) is 4.50. The standard InChI is InChI=1S/C5H5S.Sb/c1-5-2-3-6-4-5;/h2-3H,1H3;. The van der Waals surface area contributed by atoms with E-state index >= 15 is 0 Å². The Morgan fingerprint density at radius 3 is 2.57 bits per heavy atom. The van der Waals surface area contributed by atoms with Gasteiger partial charge in [0.2, 0.25) is 0 Å². The fourth-order valence-electron chi connectivity index (χ4n) is 0.365. The molecule has 0 saturated carbocycles. The van der Waals surface area contributed by atoms with Crippen LogP contribution in [0.3, 0.4) is 0 Å². The molecule has 1 heterocycles. The Hall–Kier alpha value is 0.518. The van der Waals surface area contributed by atoms with Gasteiger partial charge in [0.1, 0.15) is 0 Å². The Bertz CT molecular complexity index is 140. The molecule has 0 N–H and O–H groups in total. The van der Waals surface area contributed by atoms with Crippen molar-refractivity contribution in [3.05, 3.63) is 17.0 Å². The molecule has 1 aromatic heterocycles. The van der Waals surface area contributed by atoms with Crippen LogP contribution in [-0.4, -0.2) is 23.0 Å². The van der Waals surface area contributed by atoms with Crippen molar-refractivity contribution in [3.8, 4) is 0 Å². The van der Waals surface area contributed by atoms with Gasteiger partial charge < -0.3 is 0 Å². The molecule has 7 heavy (non-hydrogen) atoms. The number of thiophene rings is 1. The summed E-state index contributed by atoms with van der Waals surface area (Å²) in [5, 5.41) is 2.13. The Labute approximate surface area is 61.0 Å². The van der Waals surface area contributed by atoms with Crippen molar-refractivity contribution in [2.75, 3.05) is 0 Å². The zero-order valence-corrected chi connectivity index (χ0v) is 7.38. The third-order valence-electron chi connectivity index (χ3n) is 0.835. The van der Waals surface area contributed by atoms with Crippen molar-refractivity contribution in [1.82, 2.24) is 0 Å². The zero-order valence-electron chi connectivity index (χ0n) is 4.01. The normalized spacial score (nSPS) is 9.43. The van der Waals surface area contributed by atoms with Gasteiger partial charge in [0.25, 0.3) is 0 Å². The third kappa shape index (κ3) is 1.20. The molecule has 0 aliphatic carbocycles. The molecule has 0 aliphatic rings. The Morgan fingerprint density at radius 1 is 1.71 bits per heavy atom. The number of hydrogen-bond donors (Lipinski definition) is 0. The molecule has 2 radical (unpaired) electrons. The second kappa shape index (κ2) is 2.19. The predicted octanol–water partition coefficient (Wildman–Crippen LogP) is 0.850. The molecule has 0 amide bonds. The minimum absolute atomic E-state index is 1.43. The summed E-state index contributed by atoms with van der Waals surface area (Å²) in [6.45, 7) is 2.14. The topological polar surface area (TPSA) is 0 Å². The van der Waals surface area contributed by atoms with Crippen LogP contribution in [0.5, 0.6) is 0 Å². The summed E-state index contributed by atoms with van der Waals surface area (Å²) in [5.74, 6) is 0. The zero-order chi connectivity index (χ0) is 5.28. The van der Waals surface area contributed by atoms with Gasteiger partial charge in [0.15, 0.2) is 0 Å². The molecule has 0 nitrogen and oxygen atoms in total. The van der Waals surface area contributed by atoms with E-state index in [1.807, 2.05) is 11.3 Å². The van der Waals surface area contributed by atoms with Gasteiger partial charge >= 0.3 is 61.1 Å². The monoisotopic (exact) mass is 218 g/mol. The summed E-state index contributed by atoms with van der Waals surface area (Å²) in [4.78, 5) is 0. The van der Waals surface area contributed by atoms with Crippen LogP contribution in [0.15, 0.2) is 11.4 Å². The van der Waals surface area contributed by atoms with E-state index in [9.17, 15) is 0 Å². The SMILES string of the molecule is Cc1ccs[c]1[Sb]. The van der Waals surface area contributed by atoms with Crippen molar-refractivity contribution in [2.45, 2.75) is 6.92 Å². The summed E-state index contributed by atoms with van der Waals surface area (Å²) in [5.41, 5.74) is 1.43. The van der Waals surface area contributed by atoms with Gasteiger partial charge in [-0.1, -0.05) is 0 Å². The molecule has 0 fully saturated rings.